The van der Waals surface area contributed by atoms with Crippen LogP contribution in [-0.4, -0.2) is 55.4 Å². The van der Waals surface area contributed by atoms with E-state index in [0.717, 1.165) is 16.7 Å². The van der Waals surface area contributed by atoms with Crippen LogP contribution in [0.3, 0.4) is 0 Å². The van der Waals surface area contributed by atoms with Crippen LogP contribution in [0.15, 0.2) is 59.8 Å². The van der Waals surface area contributed by atoms with Gasteiger partial charge in [0.1, 0.15) is 17.4 Å². The second-order valence-electron chi connectivity index (χ2n) is 7.63. The third-order valence-electron chi connectivity index (χ3n) is 5.39. The molecule has 1 N–H and O–H groups in total. The number of rotatable bonds is 6. The first-order valence-corrected chi connectivity index (χ1v) is 10.6. The first kappa shape index (κ1) is 22.4. The van der Waals surface area contributed by atoms with E-state index in [1.807, 2.05) is 42.2 Å². The number of aryl methyl sites for hydroxylation is 1. The number of hydrogen-bond acceptors (Lipinski definition) is 6. The SMILES string of the molecule is COc1ccc(F)cc1/C=N/Nc1ncc(-c2cccc(C(=O)N3CCOCC3)c2)cc1C. The molecule has 8 heteroatoms. The summed E-state index contributed by atoms with van der Waals surface area (Å²) in [5, 5.41) is 4.17. The fraction of sp³-hybridized carbons (Fsp3) is 0.240. The number of ether oxygens (including phenoxy) is 2. The van der Waals surface area contributed by atoms with Crippen LogP contribution in [0, 0.1) is 12.7 Å². The molecule has 2 aromatic carbocycles. The van der Waals surface area contributed by atoms with Crippen molar-refractivity contribution in [3.63, 3.8) is 0 Å². The first-order valence-electron chi connectivity index (χ1n) is 10.6. The van der Waals surface area contributed by atoms with Gasteiger partial charge in [0.05, 0.1) is 26.5 Å². The van der Waals surface area contributed by atoms with Crippen molar-refractivity contribution in [3.8, 4) is 16.9 Å². The predicted octanol–water partition coefficient (Wildman–Crippen LogP) is 4.12. The van der Waals surface area contributed by atoms with Crippen LogP contribution in [0.4, 0.5) is 10.2 Å². The standard InChI is InChI=1S/C25H25FN4O3/c1-17-12-20(18-4-3-5-19(13-18)25(31)30-8-10-33-11-9-30)15-27-24(17)29-28-16-21-14-22(26)6-7-23(21)32-2/h3-7,12-16H,8-11H2,1-2H3,(H,27,29)/b28-16+. The van der Waals surface area contributed by atoms with E-state index in [4.69, 9.17) is 9.47 Å². The molecule has 0 bridgehead atoms. The Hall–Kier alpha value is -3.78. The number of nitrogens with one attached hydrogen (secondary N) is 1. The summed E-state index contributed by atoms with van der Waals surface area (Å²) < 4.78 is 24.1. The van der Waals surface area contributed by atoms with E-state index < -0.39 is 0 Å². The highest BCUT2D eigenvalue weighted by Gasteiger charge is 2.19. The molecule has 0 unspecified atom stereocenters. The normalized spacial score (nSPS) is 13.8. The number of pyridine rings is 1. The maximum absolute atomic E-state index is 13.5. The van der Waals surface area contributed by atoms with Crippen molar-refractivity contribution >= 4 is 17.9 Å². The van der Waals surface area contributed by atoms with E-state index in [9.17, 15) is 9.18 Å². The van der Waals surface area contributed by atoms with E-state index >= 15 is 0 Å². The summed E-state index contributed by atoms with van der Waals surface area (Å²) in [7, 11) is 1.52. The number of methoxy groups -OCH3 is 1. The van der Waals surface area contributed by atoms with Crippen molar-refractivity contribution in [2.45, 2.75) is 6.92 Å². The predicted molar refractivity (Wildman–Crippen MR) is 125 cm³/mol. The van der Waals surface area contributed by atoms with Crippen molar-refractivity contribution in [1.29, 1.82) is 0 Å². The number of carbonyl (C=O) groups excluding carboxylic acids is 1. The molecule has 2 heterocycles. The number of amides is 1. The molecule has 0 atom stereocenters. The zero-order valence-corrected chi connectivity index (χ0v) is 18.5. The van der Waals surface area contributed by atoms with Crippen molar-refractivity contribution in [2.75, 3.05) is 38.8 Å². The third-order valence-corrected chi connectivity index (χ3v) is 5.39. The summed E-state index contributed by atoms with van der Waals surface area (Å²) in [6, 6.07) is 13.7. The van der Waals surface area contributed by atoms with E-state index in [0.29, 0.717) is 49.0 Å². The summed E-state index contributed by atoms with van der Waals surface area (Å²) in [4.78, 5) is 19.1. The molecule has 1 aromatic heterocycles. The highest BCUT2D eigenvalue weighted by Crippen LogP contribution is 2.24. The minimum atomic E-state index is -0.370. The van der Waals surface area contributed by atoms with Gasteiger partial charge in [-0.3, -0.25) is 10.2 Å². The summed E-state index contributed by atoms with van der Waals surface area (Å²) in [5.41, 5.74) is 6.72. The number of carbonyl (C=O) groups is 1. The average molecular weight is 448 g/mol. The molecule has 7 nitrogen and oxygen atoms in total. The number of hydrazone groups is 1. The van der Waals surface area contributed by atoms with E-state index in [2.05, 4.69) is 15.5 Å². The van der Waals surface area contributed by atoms with Gasteiger partial charge in [0, 0.05) is 36.0 Å². The van der Waals surface area contributed by atoms with Gasteiger partial charge in [-0.1, -0.05) is 12.1 Å². The summed E-state index contributed by atoms with van der Waals surface area (Å²) in [6.45, 7) is 4.26. The zero-order chi connectivity index (χ0) is 23.2. The Labute approximate surface area is 191 Å². The number of benzene rings is 2. The number of hydrogen-bond donors (Lipinski definition) is 1. The second-order valence-corrected chi connectivity index (χ2v) is 7.63. The van der Waals surface area contributed by atoms with Crippen LogP contribution in [-0.2, 0) is 4.74 Å². The molecule has 4 rings (SSSR count). The quantitative estimate of drug-likeness (QED) is 0.453. The number of halogens is 1. The van der Waals surface area contributed by atoms with Crippen LogP contribution in [0.5, 0.6) is 5.75 Å². The van der Waals surface area contributed by atoms with Gasteiger partial charge in [-0.05, 0) is 54.4 Å². The number of aromatic nitrogens is 1. The van der Waals surface area contributed by atoms with Crippen molar-refractivity contribution in [2.24, 2.45) is 5.10 Å². The fourth-order valence-corrected chi connectivity index (χ4v) is 3.60. The smallest absolute Gasteiger partial charge is 0.254 e. The van der Waals surface area contributed by atoms with Gasteiger partial charge in [-0.15, -0.1) is 0 Å². The molecular weight excluding hydrogens is 423 g/mol. The Morgan fingerprint density at radius 2 is 2.00 bits per heavy atom. The minimum Gasteiger partial charge on any atom is -0.496 e. The molecule has 0 spiro atoms. The monoisotopic (exact) mass is 448 g/mol. The lowest BCUT2D eigenvalue weighted by Crippen LogP contribution is -2.40. The number of anilines is 1. The molecular formula is C25H25FN4O3. The second kappa shape index (κ2) is 10.2. The summed E-state index contributed by atoms with van der Waals surface area (Å²) >= 11 is 0. The molecule has 0 radical (unpaired) electrons. The maximum atomic E-state index is 13.5. The lowest BCUT2D eigenvalue weighted by Gasteiger charge is -2.27. The average Bonchev–Trinajstić information content (AvgIpc) is 2.85. The summed E-state index contributed by atoms with van der Waals surface area (Å²) in [5.74, 6) is 0.731. The molecule has 1 aliphatic heterocycles. The van der Waals surface area contributed by atoms with Crippen LogP contribution in [0.2, 0.25) is 0 Å². The highest BCUT2D eigenvalue weighted by atomic mass is 19.1. The highest BCUT2D eigenvalue weighted by molar-refractivity contribution is 5.95. The van der Waals surface area contributed by atoms with E-state index in [1.54, 1.807) is 12.3 Å². The molecule has 1 amide bonds. The third kappa shape index (κ3) is 5.35. The topological polar surface area (TPSA) is 76.0 Å². The molecule has 1 fully saturated rings. The van der Waals surface area contributed by atoms with Gasteiger partial charge in [0.2, 0.25) is 0 Å². The molecule has 33 heavy (non-hydrogen) atoms. The van der Waals surface area contributed by atoms with Gasteiger partial charge in [0.25, 0.3) is 5.91 Å². The Bertz CT molecular complexity index is 1180. The molecule has 1 aliphatic rings. The number of nitrogens with zero attached hydrogens (tertiary/aromatic N) is 3. The Morgan fingerprint density at radius 1 is 1.18 bits per heavy atom. The van der Waals surface area contributed by atoms with Gasteiger partial charge in [-0.2, -0.15) is 5.10 Å². The van der Waals surface area contributed by atoms with Gasteiger partial charge >= 0.3 is 0 Å². The summed E-state index contributed by atoms with van der Waals surface area (Å²) in [6.07, 6.45) is 3.21. The molecule has 1 saturated heterocycles. The maximum Gasteiger partial charge on any atom is 0.254 e. The van der Waals surface area contributed by atoms with Crippen LogP contribution < -0.4 is 10.2 Å². The molecule has 0 aliphatic carbocycles. The largest absolute Gasteiger partial charge is 0.496 e. The zero-order valence-electron chi connectivity index (χ0n) is 18.5. The Kier molecular flexibility index (Phi) is 6.95. The fourth-order valence-electron chi connectivity index (χ4n) is 3.60. The first-order chi connectivity index (χ1) is 16.0. The van der Waals surface area contributed by atoms with Gasteiger partial charge < -0.3 is 14.4 Å². The molecule has 3 aromatic rings. The van der Waals surface area contributed by atoms with Crippen molar-refractivity contribution < 1.29 is 18.7 Å². The van der Waals surface area contributed by atoms with Crippen molar-refractivity contribution in [3.05, 3.63) is 77.2 Å². The Morgan fingerprint density at radius 3 is 2.76 bits per heavy atom. The van der Waals surface area contributed by atoms with Gasteiger partial charge in [-0.25, -0.2) is 9.37 Å². The minimum absolute atomic E-state index is 0.00484. The lowest BCUT2D eigenvalue weighted by atomic mass is 10.0. The van der Waals surface area contributed by atoms with Gasteiger partial charge in [0.15, 0.2) is 0 Å². The number of morpholine rings is 1. The van der Waals surface area contributed by atoms with Crippen LogP contribution >= 0.6 is 0 Å². The lowest BCUT2D eigenvalue weighted by molar-refractivity contribution is 0.0303. The molecule has 170 valence electrons. The van der Waals surface area contributed by atoms with Crippen molar-refractivity contribution in [1.82, 2.24) is 9.88 Å². The Balaban J connectivity index is 1.49. The van der Waals surface area contributed by atoms with Crippen LogP contribution in [0.1, 0.15) is 21.5 Å². The van der Waals surface area contributed by atoms with E-state index in [-0.39, 0.29) is 11.7 Å². The molecule has 0 saturated carbocycles. The van der Waals surface area contributed by atoms with Crippen LogP contribution in [0.25, 0.3) is 11.1 Å². The van der Waals surface area contributed by atoms with E-state index in [1.165, 1.54) is 25.5 Å².